The van der Waals surface area contributed by atoms with Gasteiger partial charge in [0, 0.05) is 10.0 Å². The van der Waals surface area contributed by atoms with Gasteiger partial charge in [-0.05, 0) is 49.2 Å². The maximum Gasteiger partial charge on any atom is 0.0423 e. The largest absolute Gasteiger partial charge is 0.330 e. The first-order valence-corrected chi connectivity index (χ1v) is 5.26. The number of nitrogens with two attached hydrogens (primary N) is 2. The Morgan fingerprint density at radius 3 is 1.93 bits per heavy atom. The van der Waals surface area contributed by atoms with E-state index in [4.69, 9.17) is 34.7 Å². The summed E-state index contributed by atoms with van der Waals surface area (Å²) < 4.78 is 0. The van der Waals surface area contributed by atoms with Gasteiger partial charge in [-0.15, -0.1) is 0 Å². The Morgan fingerprint density at radius 2 is 1.50 bits per heavy atom. The number of halogens is 2. The third-order valence-electron chi connectivity index (χ3n) is 2.11. The lowest BCUT2D eigenvalue weighted by Gasteiger charge is -2.12. The van der Waals surface area contributed by atoms with E-state index in [2.05, 4.69) is 0 Å². The lowest BCUT2D eigenvalue weighted by Crippen LogP contribution is -2.25. The molecule has 1 aromatic carbocycles. The zero-order valence-electron chi connectivity index (χ0n) is 7.84. The summed E-state index contributed by atoms with van der Waals surface area (Å²) in [7, 11) is 0. The minimum absolute atomic E-state index is 0.296. The van der Waals surface area contributed by atoms with Crippen LogP contribution in [0.25, 0.3) is 0 Å². The fourth-order valence-electron chi connectivity index (χ4n) is 1.33. The molecular weight excluding hydrogens is 219 g/mol. The molecule has 78 valence electrons. The number of hydrogen-bond acceptors (Lipinski definition) is 2. The van der Waals surface area contributed by atoms with Crippen molar-refractivity contribution in [2.75, 3.05) is 13.1 Å². The van der Waals surface area contributed by atoms with Crippen LogP contribution in [0.1, 0.15) is 5.56 Å². The van der Waals surface area contributed by atoms with Gasteiger partial charge in [-0.2, -0.15) is 0 Å². The summed E-state index contributed by atoms with van der Waals surface area (Å²) in [5.74, 6) is 0.296. The lowest BCUT2D eigenvalue weighted by atomic mass is 10.00. The van der Waals surface area contributed by atoms with Gasteiger partial charge in [-0.3, -0.25) is 0 Å². The molecule has 0 amide bonds. The summed E-state index contributed by atoms with van der Waals surface area (Å²) in [5, 5.41) is 1.31. The van der Waals surface area contributed by atoms with Gasteiger partial charge in [0.15, 0.2) is 0 Å². The van der Waals surface area contributed by atoms with Crippen LogP contribution in [0.3, 0.4) is 0 Å². The van der Waals surface area contributed by atoms with E-state index in [0.29, 0.717) is 29.1 Å². The second kappa shape index (κ2) is 5.56. The van der Waals surface area contributed by atoms with Crippen LogP contribution in [0.2, 0.25) is 10.0 Å². The van der Waals surface area contributed by atoms with Gasteiger partial charge < -0.3 is 11.5 Å². The second-order valence-electron chi connectivity index (χ2n) is 3.32. The SMILES string of the molecule is NCC(CN)Cc1cc(Cl)cc(Cl)c1. The highest BCUT2D eigenvalue weighted by Crippen LogP contribution is 2.20. The molecule has 4 N–H and O–H groups in total. The highest BCUT2D eigenvalue weighted by Gasteiger charge is 2.06. The van der Waals surface area contributed by atoms with E-state index in [0.717, 1.165) is 12.0 Å². The summed E-state index contributed by atoms with van der Waals surface area (Å²) in [6, 6.07) is 5.50. The predicted molar refractivity (Wildman–Crippen MR) is 61.8 cm³/mol. The molecule has 1 rings (SSSR count). The van der Waals surface area contributed by atoms with E-state index in [1.54, 1.807) is 6.07 Å². The number of hydrogen-bond donors (Lipinski definition) is 2. The second-order valence-corrected chi connectivity index (χ2v) is 4.19. The highest BCUT2D eigenvalue weighted by molar-refractivity contribution is 6.34. The van der Waals surface area contributed by atoms with E-state index in [1.807, 2.05) is 12.1 Å². The molecule has 0 aliphatic carbocycles. The zero-order chi connectivity index (χ0) is 10.6. The third-order valence-corrected chi connectivity index (χ3v) is 2.55. The van der Waals surface area contributed by atoms with E-state index in [-0.39, 0.29) is 0 Å². The van der Waals surface area contributed by atoms with Gasteiger partial charge in [0.25, 0.3) is 0 Å². The molecule has 2 nitrogen and oxygen atoms in total. The van der Waals surface area contributed by atoms with Gasteiger partial charge in [-0.1, -0.05) is 23.2 Å². The van der Waals surface area contributed by atoms with Gasteiger partial charge in [0.05, 0.1) is 0 Å². The molecule has 0 unspecified atom stereocenters. The molecule has 0 atom stereocenters. The average Bonchev–Trinajstić information content (AvgIpc) is 2.12. The minimum atomic E-state index is 0.296. The standard InChI is InChI=1S/C10H14Cl2N2/c11-9-2-7(3-10(12)4-9)1-8(5-13)6-14/h2-4,8H,1,5-6,13-14H2. The smallest absolute Gasteiger partial charge is 0.0423 e. The van der Waals surface area contributed by atoms with Crippen LogP contribution in [0.4, 0.5) is 0 Å². The fraction of sp³-hybridized carbons (Fsp3) is 0.400. The molecule has 0 bridgehead atoms. The summed E-state index contributed by atoms with van der Waals surface area (Å²) in [6.07, 6.45) is 0.827. The van der Waals surface area contributed by atoms with Crippen LogP contribution in [0, 0.1) is 5.92 Å². The Bertz CT molecular complexity index is 278. The molecule has 0 saturated carbocycles. The normalized spacial score (nSPS) is 10.9. The highest BCUT2D eigenvalue weighted by atomic mass is 35.5. The Hall–Kier alpha value is -0.280. The Kier molecular flexibility index (Phi) is 4.69. The molecule has 0 aliphatic heterocycles. The molecule has 0 heterocycles. The van der Waals surface area contributed by atoms with Crippen molar-refractivity contribution in [1.29, 1.82) is 0 Å². The van der Waals surface area contributed by atoms with Crippen molar-refractivity contribution in [1.82, 2.24) is 0 Å². The van der Waals surface area contributed by atoms with Crippen molar-refractivity contribution in [3.63, 3.8) is 0 Å². The monoisotopic (exact) mass is 232 g/mol. The first-order chi connectivity index (χ1) is 6.65. The summed E-state index contributed by atoms with van der Waals surface area (Å²) >= 11 is 11.7. The fourth-order valence-corrected chi connectivity index (χ4v) is 1.90. The minimum Gasteiger partial charge on any atom is -0.330 e. The zero-order valence-corrected chi connectivity index (χ0v) is 9.35. The van der Waals surface area contributed by atoms with Gasteiger partial charge in [0.2, 0.25) is 0 Å². The molecule has 0 aliphatic rings. The molecular formula is C10H14Cl2N2. The molecule has 14 heavy (non-hydrogen) atoms. The summed E-state index contributed by atoms with van der Waals surface area (Å²) in [5.41, 5.74) is 12.2. The molecule has 0 aromatic heterocycles. The average molecular weight is 233 g/mol. The van der Waals surface area contributed by atoms with Crippen molar-refractivity contribution in [2.45, 2.75) is 6.42 Å². The molecule has 0 saturated heterocycles. The summed E-state index contributed by atoms with van der Waals surface area (Å²) in [4.78, 5) is 0. The maximum atomic E-state index is 5.87. The number of rotatable bonds is 4. The van der Waals surface area contributed by atoms with Gasteiger partial charge in [-0.25, -0.2) is 0 Å². The van der Waals surface area contributed by atoms with Crippen LogP contribution >= 0.6 is 23.2 Å². The van der Waals surface area contributed by atoms with Crippen molar-refractivity contribution in [2.24, 2.45) is 17.4 Å². The predicted octanol–water partition coefficient (Wildman–Crippen LogP) is 2.07. The van der Waals surface area contributed by atoms with Gasteiger partial charge in [0.1, 0.15) is 0 Å². The topological polar surface area (TPSA) is 52.0 Å². The first-order valence-electron chi connectivity index (χ1n) is 4.50. The summed E-state index contributed by atoms with van der Waals surface area (Å²) in [6.45, 7) is 1.17. The maximum absolute atomic E-state index is 5.87. The molecule has 1 aromatic rings. The molecule has 0 spiro atoms. The van der Waals surface area contributed by atoms with E-state index in [9.17, 15) is 0 Å². The van der Waals surface area contributed by atoms with Crippen molar-refractivity contribution >= 4 is 23.2 Å². The van der Waals surface area contributed by atoms with Gasteiger partial charge >= 0.3 is 0 Å². The Balaban J connectivity index is 2.75. The van der Waals surface area contributed by atoms with Crippen LogP contribution in [-0.4, -0.2) is 13.1 Å². The van der Waals surface area contributed by atoms with Crippen molar-refractivity contribution in [3.8, 4) is 0 Å². The Morgan fingerprint density at radius 1 is 1.00 bits per heavy atom. The van der Waals surface area contributed by atoms with E-state index >= 15 is 0 Å². The van der Waals surface area contributed by atoms with Crippen LogP contribution < -0.4 is 11.5 Å². The quantitative estimate of drug-likeness (QED) is 0.836. The van der Waals surface area contributed by atoms with Crippen molar-refractivity contribution < 1.29 is 0 Å². The first kappa shape index (κ1) is 11.8. The molecule has 0 radical (unpaired) electrons. The van der Waals surface area contributed by atoms with E-state index in [1.165, 1.54) is 0 Å². The molecule has 0 fully saturated rings. The van der Waals surface area contributed by atoms with Crippen molar-refractivity contribution in [3.05, 3.63) is 33.8 Å². The number of benzene rings is 1. The van der Waals surface area contributed by atoms with Crippen LogP contribution in [0.5, 0.6) is 0 Å². The Labute approximate surface area is 94.2 Å². The lowest BCUT2D eigenvalue weighted by molar-refractivity contribution is 0.548. The van der Waals surface area contributed by atoms with E-state index < -0.39 is 0 Å². The molecule has 4 heteroatoms. The third kappa shape index (κ3) is 3.46. The van der Waals surface area contributed by atoms with Crippen LogP contribution in [0.15, 0.2) is 18.2 Å². The van der Waals surface area contributed by atoms with Crippen LogP contribution in [-0.2, 0) is 6.42 Å².